The third-order valence-corrected chi connectivity index (χ3v) is 6.55. The smallest absolute Gasteiger partial charge is 0.475 e. The van der Waals surface area contributed by atoms with Gasteiger partial charge in [0.2, 0.25) is 0 Å². The van der Waals surface area contributed by atoms with E-state index in [4.69, 9.17) is 24.5 Å². The molecule has 0 saturated carbocycles. The number of aliphatic carboxylic acids is 2. The Kier molecular flexibility index (Phi) is 11.6. The van der Waals surface area contributed by atoms with Crippen molar-refractivity contribution in [2.45, 2.75) is 43.9 Å². The van der Waals surface area contributed by atoms with Crippen molar-refractivity contribution in [3.05, 3.63) is 58.3 Å². The summed E-state index contributed by atoms with van der Waals surface area (Å²) in [5.41, 5.74) is 2.94. The summed E-state index contributed by atoms with van der Waals surface area (Å²) in [5.74, 6) is -5.51. The second kappa shape index (κ2) is 13.9. The molecule has 0 amide bonds. The number of piperidine rings is 1. The maximum Gasteiger partial charge on any atom is 0.490 e. The SMILES string of the molecule is O=C(O)C(F)(F)F.O=C(O)C(F)(F)F.c1ccc(CN2CCOC3(CCN(Cc4ccsc4)CC3)C2)cc1. The third kappa shape index (κ3) is 11.0. The minimum Gasteiger partial charge on any atom is -0.475 e. The lowest BCUT2D eigenvalue weighted by Crippen LogP contribution is -2.56. The van der Waals surface area contributed by atoms with Gasteiger partial charge in [0, 0.05) is 39.3 Å². The van der Waals surface area contributed by atoms with Gasteiger partial charge in [0.1, 0.15) is 0 Å². The van der Waals surface area contributed by atoms with Crippen molar-refractivity contribution in [2.75, 3.05) is 32.8 Å². The fraction of sp³-hybridized carbons (Fsp3) is 0.500. The Balaban J connectivity index is 0.000000301. The molecule has 212 valence electrons. The quantitative estimate of drug-likeness (QED) is 0.507. The van der Waals surface area contributed by atoms with E-state index in [0.717, 1.165) is 58.7 Å². The van der Waals surface area contributed by atoms with Crippen LogP contribution in [0.25, 0.3) is 0 Å². The summed E-state index contributed by atoms with van der Waals surface area (Å²) in [6.45, 7) is 7.43. The number of carbonyl (C=O) groups is 2. The summed E-state index contributed by atoms with van der Waals surface area (Å²) in [6.07, 6.45) is -7.86. The van der Waals surface area contributed by atoms with Gasteiger partial charge in [-0.15, -0.1) is 0 Å². The zero-order chi connectivity index (χ0) is 28.4. The maximum atomic E-state index is 10.6. The van der Waals surface area contributed by atoms with Crippen LogP contribution in [-0.2, 0) is 27.4 Å². The second-order valence-corrected chi connectivity index (χ2v) is 9.52. The highest BCUT2D eigenvalue weighted by Crippen LogP contribution is 2.31. The van der Waals surface area contributed by atoms with E-state index in [-0.39, 0.29) is 5.60 Å². The van der Waals surface area contributed by atoms with Gasteiger partial charge in [-0.1, -0.05) is 30.3 Å². The molecule has 4 rings (SSSR count). The van der Waals surface area contributed by atoms with Crippen LogP contribution < -0.4 is 0 Å². The normalized spacial score (nSPS) is 18.1. The number of likely N-dealkylation sites (tertiary alicyclic amines) is 1. The van der Waals surface area contributed by atoms with E-state index in [2.05, 4.69) is 57.0 Å². The van der Waals surface area contributed by atoms with Crippen molar-refractivity contribution in [1.82, 2.24) is 9.80 Å². The lowest BCUT2D eigenvalue weighted by molar-refractivity contribution is -0.193. The molecular formula is C24H28F6N2O5S. The molecule has 0 aliphatic carbocycles. The molecule has 2 fully saturated rings. The summed E-state index contributed by atoms with van der Waals surface area (Å²) in [5, 5.41) is 18.7. The molecule has 1 aromatic carbocycles. The van der Waals surface area contributed by atoms with Crippen molar-refractivity contribution < 1.29 is 50.9 Å². The van der Waals surface area contributed by atoms with E-state index in [0.29, 0.717) is 0 Å². The van der Waals surface area contributed by atoms with Gasteiger partial charge in [-0.25, -0.2) is 9.59 Å². The summed E-state index contributed by atoms with van der Waals surface area (Å²) in [6, 6.07) is 13.1. The lowest BCUT2D eigenvalue weighted by Gasteiger charge is -2.47. The summed E-state index contributed by atoms with van der Waals surface area (Å²) < 4.78 is 69.8. The Morgan fingerprint density at radius 3 is 1.84 bits per heavy atom. The molecule has 0 atom stereocenters. The first-order valence-corrected chi connectivity index (χ1v) is 12.4. The number of rotatable bonds is 4. The van der Waals surface area contributed by atoms with E-state index < -0.39 is 24.3 Å². The second-order valence-electron chi connectivity index (χ2n) is 8.74. The van der Waals surface area contributed by atoms with E-state index >= 15 is 0 Å². The number of carboxylic acid groups (broad SMARTS) is 2. The van der Waals surface area contributed by atoms with Crippen LogP contribution in [0.15, 0.2) is 47.2 Å². The van der Waals surface area contributed by atoms with Crippen LogP contribution in [0.4, 0.5) is 26.3 Å². The largest absolute Gasteiger partial charge is 0.490 e. The first kappa shape index (κ1) is 31.5. The van der Waals surface area contributed by atoms with Gasteiger partial charge in [0.25, 0.3) is 0 Å². The standard InChI is InChI=1S/C20H26N2OS.2C2HF3O2/c1-2-4-18(5-3-1)14-22-11-12-23-20(17-22)7-9-21(10-8-20)15-19-6-13-24-16-19;2*3-2(4,5)1(6)7/h1-6,13,16H,7-12,14-15,17H2;2*(H,6,7). The topological polar surface area (TPSA) is 90.3 Å². The van der Waals surface area contributed by atoms with Crippen molar-refractivity contribution in [3.63, 3.8) is 0 Å². The Hall–Kier alpha value is -2.68. The Bertz CT molecular complexity index is 970. The van der Waals surface area contributed by atoms with Gasteiger partial charge in [0.15, 0.2) is 0 Å². The number of benzene rings is 1. The molecule has 1 spiro atoms. The molecular weight excluding hydrogens is 542 g/mol. The number of halogens is 6. The number of carboxylic acids is 2. The fourth-order valence-electron chi connectivity index (χ4n) is 3.96. The number of hydrogen-bond donors (Lipinski definition) is 2. The lowest BCUT2D eigenvalue weighted by atomic mass is 9.89. The fourth-order valence-corrected chi connectivity index (χ4v) is 4.62. The average molecular weight is 571 g/mol. The highest BCUT2D eigenvalue weighted by atomic mass is 32.1. The summed E-state index contributed by atoms with van der Waals surface area (Å²) in [7, 11) is 0. The zero-order valence-electron chi connectivity index (χ0n) is 20.2. The van der Waals surface area contributed by atoms with Crippen LogP contribution >= 0.6 is 11.3 Å². The summed E-state index contributed by atoms with van der Waals surface area (Å²) in [4.78, 5) is 22.9. The average Bonchev–Trinajstić information content (AvgIpc) is 3.34. The van der Waals surface area contributed by atoms with E-state index in [9.17, 15) is 26.3 Å². The third-order valence-electron chi connectivity index (χ3n) is 5.82. The van der Waals surface area contributed by atoms with E-state index in [1.807, 2.05) is 0 Å². The molecule has 2 aromatic rings. The van der Waals surface area contributed by atoms with Crippen molar-refractivity contribution in [2.24, 2.45) is 0 Å². The number of alkyl halides is 6. The van der Waals surface area contributed by atoms with Gasteiger partial charge < -0.3 is 14.9 Å². The number of ether oxygens (including phenoxy) is 1. The van der Waals surface area contributed by atoms with Crippen LogP contribution in [0, 0.1) is 0 Å². The highest BCUT2D eigenvalue weighted by Gasteiger charge is 2.40. The van der Waals surface area contributed by atoms with E-state index in [1.54, 1.807) is 11.3 Å². The van der Waals surface area contributed by atoms with Crippen molar-refractivity contribution in [3.8, 4) is 0 Å². The number of nitrogens with zero attached hydrogens (tertiary/aromatic N) is 2. The van der Waals surface area contributed by atoms with Crippen molar-refractivity contribution >= 4 is 23.3 Å². The molecule has 0 bridgehead atoms. The predicted molar refractivity (Wildman–Crippen MR) is 127 cm³/mol. The zero-order valence-corrected chi connectivity index (χ0v) is 21.0. The molecule has 2 aliphatic rings. The molecule has 3 heterocycles. The highest BCUT2D eigenvalue weighted by molar-refractivity contribution is 7.07. The molecule has 0 radical (unpaired) electrons. The number of morpholine rings is 1. The van der Waals surface area contributed by atoms with E-state index in [1.165, 1.54) is 11.1 Å². The van der Waals surface area contributed by atoms with Gasteiger partial charge >= 0.3 is 24.3 Å². The van der Waals surface area contributed by atoms with Crippen LogP contribution in [0.1, 0.15) is 24.0 Å². The number of hydrogen-bond acceptors (Lipinski definition) is 6. The van der Waals surface area contributed by atoms with Gasteiger partial charge in [-0.2, -0.15) is 37.7 Å². The Labute approximate surface area is 219 Å². The predicted octanol–water partition coefficient (Wildman–Crippen LogP) is 4.88. The van der Waals surface area contributed by atoms with Crippen LogP contribution in [0.5, 0.6) is 0 Å². The molecule has 2 aliphatic heterocycles. The monoisotopic (exact) mass is 570 g/mol. The van der Waals surface area contributed by atoms with Gasteiger partial charge in [-0.05, 0) is 40.8 Å². The van der Waals surface area contributed by atoms with Crippen LogP contribution in [0.2, 0.25) is 0 Å². The van der Waals surface area contributed by atoms with Crippen molar-refractivity contribution in [1.29, 1.82) is 0 Å². The van der Waals surface area contributed by atoms with Crippen LogP contribution in [-0.4, -0.2) is 82.7 Å². The molecule has 14 heteroatoms. The molecule has 38 heavy (non-hydrogen) atoms. The molecule has 7 nitrogen and oxygen atoms in total. The molecule has 2 N–H and O–H groups in total. The Morgan fingerprint density at radius 1 is 0.842 bits per heavy atom. The van der Waals surface area contributed by atoms with Gasteiger partial charge in [-0.3, -0.25) is 9.80 Å². The molecule has 2 saturated heterocycles. The molecule has 0 unspecified atom stereocenters. The minimum atomic E-state index is -5.08. The summed E-state index contributed by atoms with van der Waals surface area (Å²) >= 11 is 1.79. The first-order chi connectivity index (χ1) is 17.7. The first-order valence-electron chi connectivity index (χ1n) is 11.4. The maximum absolute atomic E-state index is 10.6. The molecule has 1 aromatic heterocycles. The number of thiophene rings is 1. The minimum absolute atomic E-state index is 0.0815. The Morgan fingerprint density at radius 2 is 1.37 bits per heavy atom. The van der Waals surface area contributed by atoms with Crippen LogP contribution in [0.3, 0.4) is 0 Å². The van der Waals surface area contributed by atoms with Gasteiger partial charge in [0.05, 0.1) is 12.2 Å².